The van der Waals surface area contributed by atoms with E-state index in [0.29, 0.717) is 16.7 Å². The number of hydrazone groups is 1. The Balaban J connectivity index is 0.000000782. The van der Waals surface area contributed by atoms with E-state index in [0.717, 1.165) is 11.1 Å². The lowest BCUT2D eigenvalue weighted by Gasteiger charge is -2.18. The first-order valence-corrected chi connectivity index (χ1v) is 13.5. The molecule has 224 valence electrons. The Labute approximate surface area is 239 Å². The van der Waals surface area contributed by atoms with E-state index in [1.54, 1.807) is 55.5 Å². The quantitative estimate of drug-likeness (QED) is 0.123. The number of nitrogens with one attached hydrogen (secondary N) is 1. The van der Waals surface area contributed by atoms with Gasteiger partial charge in [0.05, 0.1) is 17.7 Å². The number of nitrogens with two attached hydrogens (primary N) is 2. The summed E-state index contributed by atoms with van der Waals surface area (Å²) < 4.78 is 60.7. The number of alkyl halides is 3. The lowest BCUT2D eigenvalue weighted by Crippen LogP contribution is -2.43. The van der Waals surface area contributed by atoms with E-state index in [2.05, 4.69) is 10.4 Å². The van der Waals surface area contributed by atoms with Crippen LogP contribution < -0.4 is 16.3 Å². The van der Waals surface area contributed by atoms with Gasteiger partial charge in [-0.1, -0.05) is 54.6 Å². The first kappa shape index (κ1) is 33.4. The minimum atomic E-state index is -5.08. The second-order valence-corrected chi connectivity index (χ2v) is 9.96. The molecule has 1 amide bonds. The Morgan fingerprint density at radius 3 is 2.21 bits per heavy atom. The van der Waals surface area contributed by atoms with E-state index in [4.69, 9.17) is 25.6 Å². The summed E-state index contributed by atoms with van der Waals surface area (Å²) in [5, 5.41) is 18.7. The van der Waals surface area contributed by atoms with E-state index in [1.807, 2.05) is 18.2 Å². The topological polar surface area (TPSA) is 191 Å². The average Bonchev–Trinajstić information content (AvgIpc) is 2.92. The first-order valence-electron chi connectivity index (χ1n) is 12.0. The summed E-state index contributed by atoms with van der Waals surface area (Å²) >= 11 is 0. The van der Waals surface area contributed by atoms with Crippen LogP contribution in [0.5, 0.6) is 0 Å². The van der Waals surface area contributed by atoms with Crippen molar-refractivity contribution >= 4 is 34.1 Å². The Kier molecular flexibility index (Phi) is 11.7. The molecule has 11 nitrogen and oxygen atoms in total. The molecule has 1 atom stereocenters. The van der Waals surface area contributed by atoms with Crippen LogP contribution in [-0.4, -0.2) is 56.4 Å². The summed E-state index contributed by atoms with van der Waals surface area (Å²) in [6.07, 6.45) is -3.40. The number of nitrogens with zero attached hydrogens (tertiary/aromatic N) is 1. The molecule has 3 aromatic rings. The molecule has 3 aromatic carbocycles. The number of sulfonamides is 1. The van der Waals surface area contributed by atoms with E-state index in [-0.39, 0.29) is 17.9 Å². The standard InChI is InChI=1S/C25H26N4O5S.C2HF3O2/c1-2-34-25(31)22(15-17-6-5-7-18(14-17)16-28-26)29-24(30)20-12-10-19(11-13-20)21-8-3-4-9-23(21)35(27,32)33;3-2(4,5)1(6)7/h3-14,16,22H,2,15,26H2,1H3,(H,29,30)(H2,27,32,33);(H,6,7)/b28-16-;/t22-;/m0./s1. The maximum absolute atomic E-state index is 12.9. The number of carbonyl (C=O) groups excluding carboxylic acids is 2. The van der Waals surface area contributed by atoms with Crippen LogP contribution in [0.15, 0.2) is 82.8 Å². The molecule has 6 N–H and O–H groups in total. The zero-order valence-corrected chi connectivity index (χ0v) is 22.9. The van der Waals surface area contributed by atoms with Gasteiger partial charge in [-0.2, -0.15) is 18.3 Å². The highest BCUT2D eigenvalue weighted by Crippen LogP contribution is 2.26. The predicted octanol–water partition coefficient (Wildman–Crippen LogP) is 2.83. The van der Waals surface area contributed by atoms with Crippen LogP contribution in [0.2, 0.25) is 0 Å². The van der Waals surface area contributed by atoms with Gasteiger partial charge < -0.3 is 21.0 Å². The zero-order chi connectivity index (χ0) is 31.5. The van der Waals surface area contributed by atoms with Gasteiger partial charge in [-0.05, 0) is 41.8 Å². The summed E-state index contributed by atoms with van der Waals surface area (Å²) in [4.78, 5) is 34.4. The number of carbonyl (C=O) groups is 3. The Hall–Kier alpha value is -4.76. The summed E-state index contributed by atoms with van der Waals surface area (Å²) in [6, 6.07) is 19.0. The number of benzene rings is 3. The molecule has 0 aliphatic rings. The molecular formula is C27H27F3N4O7S. The normalized spacial score (nSPS) is 12.1. The van der Waals surface area contributed by atoms with E-state index in [9.17, 15) is 31.2 Å². The number of aliphatic carboxylic acids is 1. The van der Waals surface area contributed by atoms with Crippen molar-refractivity contribution in [3.8, 4) is 11.1 Å². The van der Waals surface area contributed by atoms with Crippen molar-refractivity contribution in [3.63, 3.8) is 0 Å². The van der Waals surface area contributed by atoms with Gasteiger partial charge in [0.2, 0.25) is 10.0 Å². The minimum absolute atomic E-state index is 0.0125. The van der Waals surface area contributed by atoms with Gasteiger partial charge in [0.25, 0.3) is 5.91 Å². The van der Waals surface area contributed by atoms with Crippen molar-refractivity contribution in [1.29, 1.82) is 0 Å². The molecule has 15 heteroatoms. The number of halogens is 3. The molecule has 0 aromatic heterocycles. The van der Waals surface area contributed by atoms with E-state index < -0.39 is 40.1 Å². The van der Waals surface area contributed by atoms with Crippen molar-refractivity contribution in [3.05, 3.63) is 89.5 Å². The first-order chi connectivity index (χ1) is 19.7. The van der Waals surface area contributed by atoms with Gasteiger partial charge in [0.1, 0.15) is 6.04 Å². The Bertz CT molecular complexity index is 1540. The summed E-state index contributed by atoms with van der Waals surface area (Å²) in [5.41, 5.74) is 2.84. The Morgan fingerprint density at radius 2 is 1.67 bits per heavy atom. The predicted molar refractivity (Wildman–Crippen MR) is 147 cm³/mol. The molecule has 0 saturated heterocycles. The number of hydrogen-bond donors (Lipinski definition) is 4. The molecule has 3 rings (SSSR count). The number of rotatable bonds is 9. The molecule has 0 spiro atoms. The van der Waals surface area contributed by atoms with Crippen molar-refractivity contribution < 1.29 is 45.8 Å². The van der Waals surface area contributed by atoms with Crippen LogP contribution in [0.25, 0.3) is 11.1 Å². The van der Waals surface area contributed by atoms with Gasteiger partial charge in [0, 0.05) is 17.5 Å². The van der Waals surface area contributed by atoms with Gasteiger partial charge in [-0.25, -0.2) is 23.1 Å². The summed E-state index contributed by atoms with van der Waals surface area (Å²) in [6.45, 7) is 1.86. The van der Waals surface area contributed by atoms with Crippen molar-refractivity contribution in [2.75, 3.05) is 6.61 Å². The highest BCUT2D eigenvalue weighted by molar-refractivity contribution is 7.89. The maximum atomic E-state index is 12.9. The fraction of sp³-hybridized carbons (Fsp3) is 0.185. The molecule has 0 bridgehead atoms. The Morgan fingerprint density at radius 1 is 1.05 bits per heavy atom. The zero-order valence-electron chi connectivity index (χ0n) is 22.0. The smallest absolute Gasteiger partial charge is 0.475 e. The number of hydrogen-bond acceptors (Lipinski definition) is 8. The highest BCUT2D eigenvalue weighted by atomic mass is 32.2. The number of ether oxygens (including phenoxy) is 1. The van der Waals surface area contributed by atoms with Crippen LogP contribution in [0.1, 0.15) is 28.4 Å². The molecule has 0 radical (unpaired) electrons. The van der Waals surface area contributed by atoms with E-state index in [1.165, 1.54) is 12.3 Å². The third kappa shape index (κ3) is 10.0. The van der Waals surface area contributed by atoms with Crippen LogP contribution in [0, 0.1) is 0 Å². The summed E-state index contributed by atoms with van der Waals surface area (Å²) in [5.74, 6) is 1.42. The fourth-order valence-corrected chi connectivity index (χ4v) is 4.31. The molecule has 0 fully saturated rings. The second kappa shape index (κ2) is 14.7. The van der Waals surface area contributed by atoms with Crippen molar-refractivity contribution in [2.24, 2.45) is 16.1 Å². The van der Waals surface area contributed by atoms with Crippen molar-refractivity contribution in [1.82, 2.24) is 5.32 Å². The third-order valence-corrected chi connectivity index (χ3v) is 6.35. The maximum Gasteiger partial charge on any atom is 0.490 e. The van der Waals surface area contributed by atoms with Crippen LogP contribution in [0.4, 0.5) is 13.2 Å². The number of amides is 1. The van der Waals surface area contributed by atoms with Gasteiger partial charge in [0.15, 0.2) is 0 Å². The molecule has 0 saturated carbocycles. The molecule has 42 heavy (non-hydrogen) atoms. The third-order valence-electron chi connectivity index (χ3n) is 5.39. The van der Waals surface area contributed by atoms with Crippen LogP contribution in [0.3, 0.4) is 0 Å². The largest absolute Gasteiger partial charge is 0.490 e. The molecule has 0 heterocycles. The molecule has 0 unspecified atom stereocenters. The lowest BCUT2D eigenvalue weighted by molar-refractivity contribution is -0.192. The number of esters is 1. The number of carboxylic acids is 1. The monoisotopic (exact) mass is 608 g/mol. The summed E-state index contributed by atoms with van der Waals surface area (Å²) in [7, 11) is -3.92. The number of carboxylic acid groups (broad SMARTS) is 1. The molecular weight excluding hydrogens is 581 g/mol. The second-order valence-electron chi connectivity index (χ2n) is 8.43. The van der Waals surface area contributed by atoms with Crippen LogP contribution in [-0.2, 0) is 30.8 Å². The van der Waals surface area contributed by atoms with Crippen LogP contribution >= 0.6 is 0 Å². The highest BCUT2D eigenvalue weighted by Gasteiger charge is 2.38. The van der Waals surface area contributed by atoms with Gasteiger partial charge >= 0.3 is 18.1 Å². The molecule has 0 aliphatic heterocycles. The fourth-order valence-electron chi connectivity index (χ4n) is 3.55. The van der Waals surface area contributed by atoms with E-state index >= 15 is 0 Å². The van der Waals surface area contributed by atoms with Gasteiger partial charge in [-0.15, -0.1) is 0 Å². The van der Waals surface area contributed by atoms with Gasteiger partial charge in [-0.3, -0.25) is 4.79 Å². The number of primary sulfonamides is 1. The lowest BCUT2D eigenvalue weighted by atomic mass is 10.0. The minimum Gasteiger partial charge on any atom is -0.475 e. The SMILES string of the molecule is CCOC(=O)[C@H](Cc1cccc(/C=N\N)c1)NC(=O)c1ccc(-c2ccccc2S(N)(=O)=O)cc1.O=C(O)C(F)(F)F. The average molecular weight is 609 g/mol. The van der Waals surface area contributed by atoms with Crippen molar-refractivity contribution in [2.45, 2.75) is 30.5 Å². The molecule has 0 aliphatic carbocycles.